The summed E-state index contributed by atoms with van der Waals surface area (Å²) in [5.41, 5.74) is -0.876. The third-order valence-corrected chi connectivity index (χ3v) is 9.37. The van der Waals surface area contributed by atoms with Gasteiger partial charge in [-0.05, 0) is 51.2 Å². The van der Waals surface area contributed by atoms with Crippen molar-refractivity contribution in [3.05, 3.63) is 0 Å². The van der Waals surface area contributed by atoms with Gasteiger partial charge in [0.25, 0.3) is 0 Å². The van der Waals surface area contributed by atoms with Crippen LogP contribution in [0.15, 0.2) is 0 Å². The summed E-state index contributed by atoms with van der Waals surface area (Å²) in [6.45, 7) is 13.1. The molecule has 1 heterocycles. The van der Waals surface area contributed by atoms with Gasteiger partial charge in [0.2, 0.25) is 8.32 Å². The molecule has 1 rings (SSSR count). The summed E-state index contributed by atoms with van der Waals surface area (Å²) < 4.78 is 11.2. The molecule has 0 bridgehead atoms. The zero-order valence-electron chi connectivity index (χ0n) is 14.6. The number of carbonyl (C=O) groups excluding carboxylic acids is 1. The average molecular weight is 317 g/mol. The molecule has 1 atom stereocenters. The Labute approximate surface area is 130 Å². The Hall–Kier alpha value is -0.393. The fourth-order valence-corrected chi connectivity index (χ4v) is 5.43. The van der Waals surface area contributed by atoms with Crippen LogP contribution >= 0.6 is 0 Å². The maximum absolute atomic E-state index is 12.1. The zero-order valence-corrected chi connectivity index (χ0v) is 15.6. The number of rotatable bonds is 9. The normalized spacial score (nSPS) is 23.4. The molecule has 0 amide bonds. The molecule has 124 valence electrons. The number of esters is 1. The minimum absolute atomic E-state index is 0.0772. The Morgan fingerprint density at radius 2 is 1.76 bits per heavy atom. The van der Waals surface area contributed by atoms with Crippen molar-refractivity contribution < 1.29 is 19.0 Å². The molecule has 0 saturated carbocycles. The smallest absolute Gasteiger partial charge is 0.312 e. The predicted octanol–water partition coefficient (Wildman–Crippen LogP) is 4.45. The van der Waals surface area contributed by atoms with Crippen molar-refractivity contribution in [2.24, 2.45) is 5.41 Å². The molecule has 21 heavy (non-hydrogen) atoms. The minimum atomic E-state index is -1.77. The summed E-state index contributed by atoms with van der Waals surface area (Å²) in [5, 5.41) is 0. The Bertz CT molecular complexity index is 344. The molecule has 4 nitrogen and oxygen atoms in total. The summed E-state index contributed by atoms with van der Waals surface area (Å²) in [7, 11) is -1.77. The van der Waals surface area contributed by atoms with E-state index in [2.05, 4.69) is 20.8 Å². The fourth-order valence-electron chi connectivity index (χ4n) is 3.17. The summed E-state index contributed by atoms with van der Waals surface area (Å²) >= 11 is 0. The van der Waals surface area contributed by atoms with Gasteiger partial charge >= 0.3 is 5.97 Å². The first-order chi connectivity index (χ1) is 9.78. The monoisotopic (exact) mass is 316 g/mol. The quantitative estimate of drug-likeness (QED) is 0.273. The standard InChI is InChI=1S/C16H32O4Si/c1-7-16(11-12-18-14(16)17)13-15(5,6)19-20-21(8-2,9-3)10-4/h7-13H2,1-6H3. The summed E-state index contributed by atoms with van der Waals surface area (Å²) in [6, 6.07) is 3.16. The van der Waals surface area contributed by atoms with E-state index in [-0.39, 0.29) is 5.97 Å². The lowest BCUT2D eigenvalue weighted by molar-refractivity contribution is -0.299. The molecule has 1 aliphatic heterocycles. The van der Waals surface area contributed by atoms with E-state index in [0.717, 1.165) is 31.0 Å². The van der Waals surface area contributed by atoms with Gasteiger partial charge in [0, 0.05) is 0 Å². The van der Waals surface area contributed by atoms with Crippen LogP contribution in [0.1, 0.15) is 60.8 Å². The van der Waals surface area contributed by atoms with Crippen molar-refractivity contribution in [3.8, 4) is 0 Å². The molecule has 1 saturated heterocycles. The van der Waals surface area contributed by atoms with Gasteiger partial charge in [-0.25, -0.2) is 4.89 Å². The highest BCUT2D eigenvalue weighted by Crippen LogP contribution is 2.42. The van der Waals surface area contributed by atoms with Gasteiger partial charge < -0.3 is 4.74 Å². The first-order valence-corrected chi connectivity index (χ1v) is 10.9. The van der Waals surface area contributed by atoms with Gasteiger partial charge in [-0.1, -0.05) is 27.7 Å². The Morgan fingerprint density at radius 3 is 2.14 bits per heavy atom. The highest BCUT2D eigenvalue weighted by Gasteiger charge is 2.47. The predicted molar refractivity (Wildman–Crippen MR) is 86.4 cm³/mol. The molecule has 1 aliphatic rings. The van der Waals surface area contributed by atoms with Gasteiger partial charge in [0.05, 0.1) is 17.6 Å². The third-order valence-electron chi connectivity index (χ3n) is 5.06. The second kappa shape index (κ2) is 7.25. The van der Waals surface area contributed by atoms with E-state index in [1.807, 2.05) is 20.8 Å². The van der Waals surface area contributed by atoms with E-state index in [9.17, 15) is 4.79 Å². The number of carbonyl (C=O) groups is 1. The second-order valence-corrected chi connectivity index (χ2v) is 11.5. The topological polar surface area (TPSA) is 44.8 Å². The maximum atomic E-state index is 12.1. The van der Waals surface area contributed by atoms with Crippen molar-refractivity contribution in [3.63, 3.8) is 0 Å². The van der Waals surface area contributed by atoms with Gasteiger partial charge in [0.15, 0.2) is 0 Å². The van der Waals surface area contributed by atoms with Crippen molar-refractivity contribution in [2.75, 3.05) is 6.61 Å². The largest absolute Gasteiger partial charge is 0.465 e. The molecule has 0 aliphatic carbocycles. The van der Waals surface area contributed by atoms with Crippen LogP contribution in [0, 0.1) is 5.41 Å². The van der Waals surface area contributed by atoms with Gasteiger partial charge in [-0.15, -0.1) is 0 Å². The van der Waals surface area contributed by atoms with E-state index < -0.39 is 19.3 Å². The van der Waals surface area contributed by atoms with Crippen LogP contribution in [0.5, 0.6) is 0 Å². The van der Waals surface area contributed by atoms with E-state index >= 15 is 0 Å². The average Bonchev–Trinajstić information content (AvgIpc) is 2.82. The van der Waals surface area contributed by atoms with E-state index in [1.165, 1.54) is 0 Å². The molecule has 0 spiro atoms. The SMILES string of the molecule is CCC1(CC(C)(C)OO[Si](CC)(CC)CC)CCOC1=O. The highest BCUT2D eigenvalue weighted by atomic mass is 28.4. The van der Waals surface area contributed by atoms with Gasteiger partial charge in [-0.3, -0.25) is 9.37 Å². The Morgan fingerprint density at radius 1 is 1.19 bits per heavy atom. The van der Waals surface area contributed by atoms with Crippen LogP contribution < -0.4 is 0 Å². The zero-order chi connectivity index (χ0) is 16.1. The molecular weight excluding hydrogens is 284 g/mol. The molecule has 0 aromatic rings. The van der Waals surface area contributed by atoms with Crippen molar-refractivity contribution in [1.82, 2.24) is 0 Å². The minimum Gasteiger partial charge on any atom is -0.465 e. The lowest BCUT2D eigenvalue weighted by Crippen LogP contribution is -2.43. The first-order valence-electron chi connectivity index (χ1n) is 8.33. The number of ether oxygens (including phenoxy) is 1. The van der Waals surface area contributed by atoms with Crippen molar-refractivity contribution in [1.29, 1.82) is 0 Å². The Balaban J connectivity index is 2.71. The van der Waals surface area contributed by atoms with E-state index in [1.54, 1.807) is 0 Å². The number of hydrogen-bond acceptors (Lipinski definition) is 4. The number of hydrogen-bond donors (Lipinski definition) is 0. The van der Waals surface area contributed by atoms with Crippen molar-refractivity contribution >= 4 is 14.3 Å². The molecule has 0 radical (unpaired) electrons. The summed E-state index contributed by atoms with van der Waals surface area (Å²) in [6.07, 6.45) is 2.22. The molecular formula is C16H32O4Si. The van der Waals surface area contributed by atoms with Crippen LogP contribution in [-0.4, -0.2) is 26.5 Å². The van der Waals surface area contributed by atoms with Crippen molar-refractivity contribution in [2.45, 2.75) is 84.5 Å². The summed E-state index contributed by atoms with van der Waals surface area (Å²) in [4.78, 5) is 17.9. The van der Waals surface area contributed by atoms with E-state index in [0.29, 0.717) is 13.0 Å². The van der Waals surface area contributed by atoms with Crippen LogP contribution in [0.25, 0.3) is 0 Å². The van der Waals surface area contributed by atoms with Crippen LogP contribution in [0.4, 0.5) is 0 Å². The van der Waals surface area contributed by atoms with Crippen LogP contribution in [-0.2, 0) is 19.0 Å². The lowest BCUT2D eigenvalue weighted by atomic mass is 9.75. The molecule has 1 fully saturated rings. The first kappa shape index (κ1) is 18.7. The lowest BCUT2D eigenvalue weighted by Gasteiger charge is -2.36. The molecule has 5 heteroatoms. The van der Waals surface area contributed by atoms with Gasteiger partial charge in [0.1, 0.15) is 0 Å². The van der Waals surface area contributed by atoms with Gasteiger partial charge in [-0.2, -0.15) is 0 Å². The van der Waals surface area contributed by atoms with Crippen LogP contribution in [0.2, 0.25) is 18.1 Å². The molecule has 0 aromatic heterocycles. The number of cyclic esters (lactones) is 1. The third kappa shape index (κ3) is 4.30. The van der Waals surface area contributed by atoms with E-state index in [4.69, 9.17) is 14.2 Å². The summed E-state index contributed by atoms with van der Waals surface area (Å²) in [5.74, 6) is -0.0772. The fraction of sp³-hybridized carbons (Fsp3) is 0.938. The highest BCUT2D eigenvalue weighted by molar-refractivity contribution is 6.73. The molecule has 0 N–H and O–H groups in total. The Kier molecular flexibility index (Phi) is 6.44. The maximum Gasteiger partial charge on any atom is 0.312 e. The molecule has 1 unspecified atom stereocenters. The molecule has 0 aromatic carbocycles. The van der Waals surface area contributed by atoms with Crippen LogP contribution in [0.3, 0.4) is 0 Å². The second-order valence-electron chi connectivity index (χ2n) is 6.87.